The normalized spacial score (nSPS) is 33.8. The van der Waals surface area contributed by atoms with Crippen LogP contribution in [0.2, 0.25) is 0 Å². The van der Waals surface area contributed by atoms with Crippen LogP contribution in [-0.4, -0.2) is 22.7 Å². The van der Waals surface area contributed by atoms with Gasteiger partial charge in [-0.05, 0) is 12.8 Å². The van der Waals surface area contributed by atoms with Crippen molar-refractivity contribution in [2.75, 3.05) is 0 Å². The predicted molar refractivity (Wildman–Crippen MR) is 44.6 cm³/mol. The molecule has 0 aromatic carbocycles. The molecule has 1 saturated carbocycles. The third-order valence-corrected chi connectivity index (χ3v) is 3.09. The Labute approximate surface area is 72.2 Å². The summed E-state index contributed by atoms with van der Waals surface area (Å²) in [5, 5.41) is 12.2. The van der Waals surface area contributed by atoms with Gasteiger partial charge in [0.25, 0.3) is 0 Å². The van der Waals surface area contributed by atoms with Crippen molar-refractivity contribution in [1.29, 1.82) is 0 Å². The van der Waals surface area contributed by atoms with E-state index in [1.54, 1.807) is 0 Å². The van der Waals surface area contributed by atoms with Crippen molar-refractivity contribution >= 4 is 5.91 Å². The van der Waals surface area contributed by atoms with Gasteiger partial charge in [-0.1, -0.05) is 19.3 Å². The molecule has 2 aliphatic rings. The molecule has 1 aliphatic carbocycles. The molecule has 0 unspecified atom stereocenters. The zero-order valence-electron chi connectivity index (χ0n) is 7.18. The van der Waals surface area contributed by atoms with E-state index < -0.39 is 6.10 Å². The van der Waals surface area contributed by atoms with E-state index in [0.29, 0.717) is 6.42 Å². The Kier molecular flexibility index (Phi) is 1.83. The minimum absolute atomic E-state index is 0.0330. The third kappa shape index (κ3) is 1.22. The Morgan fingerprint density at radius 3 is 2.50 bits per heavy atom. The highest BCUT2D eigenvalue weighted by Gasteiger charge is 2.43. The summed E-state index contributed by atoms with van der Waals surface area (Å²) in [5.74, 6) is -0.170. The smallest absolute Gasteiger partial charge is 0.249 e. The molecule has 2 N–H and O–H groups in total. The Hall–Kier alpha value is -0.570. The van der Waals surface area contributed by atoms with Crippen LogP contribution < -0.4 is 5.32 Å². The lowest BCUT2D eigenvalue weighted by atomic mass is 9.80. The molecule has 1 spiro atoms. The summed E-state index contributed by atoms with van der Waals surface area (Å²) in [5.41, 5.74) is -0.0330. The molecule has 1 atom stereocenters. The SMILES string of the molecule is O=C1NC2(CCCCC2)C[C@@H]1O. The van der Waals surface area contributed by atoms with E-state index in [2.05, 4.69) is 5.32 Å². The summed E-state index contributed by atoms with van der Waals surface area (Å²) >= 11 is 0. The van der Waals surface area contributed by atoms with Crippen molar-refractivity contribution in [2.24, 2.45) is 0 Å². The van der Waals surface area contributed by atoms with E-state index in [4.69, 9.17) is 0 Å². The highest BCUT2D eigenvalue weighted by molar-refractivity contribution is 5.84. The van der Waals surface area contributed by atoms with Crippen molar-refractivity contribution in [1.82, 2.24) is 5.32 Å². The summed E-state index contributed by atoms with van der Waals surface area (Å²) in [7, 11) is 0. The molecule has 0 bridgehead atoms. The largest absolute Gasteiger partial charge is 0.383 e. The standard InChI is InChI=1S/C9H15NO2/c11-7-6-9(10-8(7)12)4-2-1-3-5-9/h7,11H,1-6H2,(H,10,12)/t7-/m0/s1. The van der Waals surface area contributed by atoms with Crippen LogP contribution in [0.25, 0.3) is 0 Å². The number of carbonyl (C=O) groups excluding carboxylic acids is 1. The molecular formula is C9H15NO2. The van der Waals surface area contributed by atoms with Gasteiger partial charge >= 0.3 is 0 Å². The molecule has 3 nitrogen and oxygen atoms in total. The lowest BCUT2D eigenvalue weighted by Crippen LogP contribution is -2.42. The number of rotatable bonds is 0. The van der Waals surface area contributed by atoms with Crippen LogP contribution in [0.15, 0.2) is 0 Å². The zero-order chi connectivity index (χ0) is 8.60. The van der Waals surface area contributed by atoms with Gasteiger partial charge in [0.05, 0.1) is 0 Å². The molecule has 1 amide bonds. The van der Waals surface area contributed by atoms with Crippen LogP contribution in [0.4, 0.5) is 0 Å². The maximum absolute atomic E-state index is 11.1. The molecule has 1 heterocycles. The first-order chi connectivity index (χ1) is 5.72. The van der Waals surface area contributed by atoms with Gasteiger partial charge in [0, 0.05) is 12.0 Å². The van der Waals surface area contributed by atoms with E-state index in [1.807, 2.05) is 0 Å². The fourth-order valence-electron chi connectivity index (χ4n) is 2.42. The van der Waals surface area contributed by atoms with Gasteiger partial charge in [-0.15, -0.1) is 0 Å². The van der Waals surface area contributed by atoms with Gasteiger partial charge in [0.2, 0.25) is 5.91 Å². The zero-order valence-corrected chi connectivity index (χ0v) is 7.18. The van der Waals surface area contributed by atoms with Gasteiger partial charge in [-0.2, -0.15) is 0 Å². The summed E-state index contributed by atoms with van der Waals surface area (Å²) in [4.78, 5) is 11.1. The summed E-state index contributed by atoms with van der Waals surface area (Å²) in [6, 6.07) is 0. The number of aliphatic hydroxyl groups excluding tert-OH is 1. The topological polar surface area (TPSA) is 49.3 Å². The van der Waals surface area contributed by atoms with Crippen molar-refractivity contribution in [3.8, 4) is 0 Å². The van der Waals surface area contributed by atoms with Crippen molar-refractivity contribution in [2.45, 2.75) is 50.2 Å². The summed E-state index contributed by atoms with van der Waals surface area (Å²) < 4.78 is 0. The van der Waals surface area contributed by atoms with Crippen LogP contribution in [-0.2, 0) is 4.79 Å². The highest BCUT2D eigenvalue weighted by atomic mass is 16.3. The second-order valence-corrected chi connectivity index (χ2v) is 4.05. The minimum atomic E-state index is -0.747. The van der Waals surface area contributed by atoms with Crippen LogP contribution >= 0.6 is 0 Å². The first-order valence-electron chi connectivity index (χ1n) is 4.72. The van der Waals surface area contributed by atoms with Crippen LogP contribution in [0, 0.1) is 0 Å². The van der Waals surface area contributed by atoms with Crippen LogP contribution in [0.5, 0.6) is 0 Å². The monoisotopic (exact) mass is 169 g/mol. The van der Waals surface area contributed by atoms with Gasteiger partial charge in [-0.3, -0.25) is 4.79 Å². The van der Waals surface area contributed by atoms with Crippen molar-refractivity contribution in [3.63, 3.8) is 0 Å². The fourth-order valence-corrected chi connectivity index (χ4v) is 2.42. The molecule has 0 aromatic rings. The van der Waals surface area contributed by atoms with E-state index in [1.165, 1.54) is 19.3 Å². The minimum Gasteiger partial charge on any atom is -0.383 e. The molecular weight excluding hydrogens is 154 g/mol. The maximum atomic E-state index is 11.1. The molecule has 0 aromatic heterocycles. The second-order valence-electron chi connectivity index (χ2n) is 4.05. The predicted octanol–water partition coefficient (Wildman–Crippen LogP) is 0.570. The first-order valence-corrected chi connectivity index (χ1v) is 4.72. The summed E-state index contributed by atoms with van der Waals surface area (Å²) in [6.07, 6.45) is 5.63. The molecule has 3 heteroatoms. The maximum Gasteiger partial charge on any atom is 0.249 e. The molecule has 0 radical (unpaired) electrons. The van der Waals surface area contributed by atoms with E-state index >= 15 is 0 Å². The number of amides is 1. The number of nitrogens with one attached hydrogen (secondary N) is 1. The van der Waals surface area contributed by atoms with Gasteiger partial charge in [0.1, 0.15) is 6.10 Å². The Morgan fingerprint density at radius 2 is 2.00 bits per heavy atom. The second kappa shape index (κ2) is 2.73. The molecule has 12 heavy (non-hydrogen) atoms. The molecule has 68 valence electrons. The number of hydrogen-bond donors (Lipinski definition) is 2. The number of aliphatic hydroxyl groups is 1. The highest BCUT2D eigenvalue weighted by Crippen LogP contribution is 2.35. The number of hydrogen-bond acceptors (Lipinski definition) is 2. The van der Waals surface area contributed by atoms with Crippen LogP contribution in [0.3, 0.4) is 0 Å². The van der Waals surface area contributed by atoms with Crippen LogP contribution in [0.1, 0.15) is 38.5 Å². The van der Waals surface area contributed by atoms with E-state index in [9.17, 15) is 9.90 Å². The molecule has 2 fully saturated rings. The Balaban J connectivity index is 2.07. The molecule has 2 rings (SSSR count). The van der Waals surface area contributed by atoms with Gasteiger partial charge < -0.3 is 10.4 Å². The lowest BCUT2D eigenvalue weighted by Gasteiger charge is -2.32. The Bertz CT molecular complexity index is 197. The Morgan fingerprint density at radius 1 is 1.33 bits per heavy atom. The molecule has 1 aliphatic heterocycles. The average Bonchev–Trinajstić information content (AvgIpc) is 2.29. The van der Waals surface area contributed by atoms with E-state index in [0.717, 1.165) is 12.8 Å². The molecule has 1 saturated heterocycles. The average molecular weight is 169 g/mol. The van der Waals surface area contributed by atoms with Crippen molar-refractivity contribution < 1.29 is 9.90 Å². The number of carbonyl (C=O) groups is 1. The third-order valence-electron chi connectivity index (χ3n) is 3.09. The fraction of sp³-hybridized carbons (Fsp3) is 0.889. The first kappa shape index (κ1) is 8.05. The van der Waals surface area contributed by atoms with Crippen molar-refractivity contribution in [3.05, 3.63) is 0 Å². The van der Waals surface area contributed by atoms with Gasteiger partial charge in [-0.25, -0.2) is 0 Å². The van der Waals surface area contributed by atoms with E-state index in [-0.39, 0.29) is 11.4 Å². The van der Waals surface area contributed by atoms with Gasteiger partial charge in [0.15, 0.2) is 0 Å². The lowest BCUT2D eigenvalue weighted by molar-refractivity contribution is -0.126. The summed E-state index contributed by atoms with van der Waals surface area (Å²) in [6.45, 7) is 0. The quantitative estimate of drug-likeness (QED) is 0.557.